The van der Waals surface area contributed by atoms with Crippen molar-refractivity contribution in [1.82, 2.24) is 9.80 Å². The van der Waals surface area contributed by atoms with Gasteiger partial charge in [0, 0.05) is 24.2 Å². The molecule has 4 atom stereocenters. The average Bonchev–Trinajstić information content (AvgIpc) is 3.77. The summed E-state index contributed by atoms with van der Waals surface area (Å²) in [5.41, 5.74) is 4.47. The minimum Gasteiger partial charge on any atom is -0.445 e. The Morgan fingerprint density at radius 2 is 0.942 bits per heavy atom. The number of carbonyl (C=O) groups is 4. The van der Waals surface area contributed by atoms with Crippen molar-refractivity contribution >= 4 is 47.5 Å². The summed E-state index contributed by atoms with van der Waals surface area (Å²) in [5, 5.41) is 26.1. The number of nitrogens with one attached hydrogen (secondary N) is 2. The third-order valence-electron chi connectivity index (χ3n) is 8.87. The van der Waals surface area contributed by atoms with Gasteiger partial charge < -0.3 is 30.3 Å². The highest BCUT2D eigenvalue weighted by Gasteiger charge is 2.41. The standard InChI is InChI=1S/C40H40N4O8/c45-33-21-35(43(23-33)39(49)51-25-29-7-3-1-4-8-29)37(47)41-31-17-13-27(14-18-31)11-12-28-15-19-32(20-16-28)42-38(48)36-22-34(46)24-44(36)40(50)52-26-30-9-5-2-6-10-30/h1-20,33-36,45-46H,21-26H2,(H,41,47)(H,42,48)/b12-11+/t33-,34-,35+,36+/m0/s1. The van der Waals surface area contributed by atoms with Crippen LogP contribution in [0.3, 0.4) is 0 Å². The van der Waals surface area contributed by atoms with Crippen LogP contribution in [-0.2, 0) is 32.3 Å². The number of hydrogen-bond donors (Lipinski definition) is 4. The highest BCUT2D eigenvalue weighted by molar-refractivity contribution is 5.98. The molecule has 268 valence electrons. The summed E-state index contributed by atoms with van der Waals surface area (Å²) in [6, 6.07) is 31.1. The molecule has 0 unspecified atom stereocenters. The van der Waals surface area contributed by atoms with E-state index in [0.29, 0.717) is 11.4 Å². The Balaban J connectivity index is 0.981. The van der Waals surface area contributed by atoms with E-state index in [-0.39, 0.29) is 39.1 Å². The third kappa shape index (κ3) is 9.42. The number of amides is 4. The molecule has 52 heavy (non-hydrogen) atoms. The smallest absolute Gasteiger partial charge is 0.410 e. The third-order valence-corrected chi connectivity index (χ3v) is 8.87. The van der Waals surface area contributed by atoms with Crippen LogP contribution >= 0.6 is 0 Å². The number of ether oxygens (including phenoxy) is 2. The second kappa shape index (κ2) is 16.8. The number of aliphatic hydroxyl groups is 2. The fourth-order valence-corrected chi connectivity index (χ4v) is 6.13. The molecule has 6 rings (SSSR count). The van der Waals surface area contributed by atoms with E-state index in [2.05, 4.69) is 10.6 Å². The van der Waals surface area contributed by atoms with Crippen molar-refractivity contribution in [3.63, 3.8) is 0 Å². The van der Waals surface area contributed by atoms with E-state index in [9.17, 15) is 29.4 Å². The van der Waals surface area contributed by atoms with Crippen molar-refractivity contribution < 1.29 is 38.9 Å². The lowest BCUT2D eigenvalue weighted by atomic mass is 10.1. The summed E-state index contributed by atoms with van der Waals surface area (Å²) in [6.07, 6.45) is 1.05. The molecule has 0 radical (unpaired) electrons. The molecule has 0 bridgehead atoms. The zero-order valence-electron chi connectivity index (χ0n) is 28.3. The van der Waals surface area contributed by atoms with Crippen LogP contribution in [0.4, 0.5) is 21.0 Å². The number of nitrogens with zero attached hydrogens (tertiary/aromatic N) is 2. The zero-order chi connectivity index (χ0) is 36.5. The van der Waals surface area contributed by atoms with E-state index >= 15 is 0 Å². The molecule has 4 aromatic carbocycles. The molecule has 4 amide bonds. The molecule has 2 fully saturated rings. The summed E-state index contributed by atoms with van der Waals surface area (Å²) in [6.45, 7) is 0.157. The van der Waals surface area contributed by atoms with Gasteiger partial charge >= 0.3 is 12.2 Å². The van der Waals surface area contributed by atoms with E-state index in [1.807, 2.05) is 97.1 Å². The van der Waals surface area contributed by atoms with E-state index in [4.69, 9.17) is 9.47 Å². The largest absolute Gasteiger partial charge is 0.445 e. The Morgan fingerprint density at radius 1 is 0.577 bits per heavy atom. The predicted molar refractivity (Wildman–Crippen MR) is 195 cm³/mol. The topological polar surface area (TPSA) is 158 Å². The van der Waals surface area contributed by atoms with Gasteiger partial charge in [-0.2, -0.15) is 0 Å². The Hall–Kier alpha value is -5.98. The number of β-amino-alcohol motifs (C(OH)–C–C–N with tert-alkyl or cyclic N) is 2. The van der Waals surface area contributed by atoms with Crippen LogP contribution in [0.5, 0.6) is 0 Å². The van der Waals surface area contributed by atoms with Crippen LogP contribution in [-0.4, -0.2) is 81.4 Å². The van der Waals surface area contributed by atoms with Crippen LogP contribution in [0.1, 0.15) is 35.1 Å². The molecule has 2 aliphatic rings. The maximum Gasteiger partial charge on any atom is 0.410 e. The van der Waals surface area contributed by atoms with Gasteiger partial charge in [0.2, 0.25) is 11.8 Å². The van der Waals surface area contributed by atoms with Gasteiger partial charge in [-0.3, -0.25) is 19.4 Å². The quantitative estimate of drug-likeness (QED) is 0.163. The van der Waals surface area contributed by atoms with Gasteiger partial charge in [-0.05, 0) is 46.5 Å². The summed E-state index contributed by atoms with van der Waals surface area (Å²) >= 11 is 0. The first-order chi connectivity index (χ1) is 25.2. The van der Waals surface area contributed by atoms with Crippen molar-refractivity contribution in [1.29, 1.82) is 0 Å². The minimum atomic E-state index is -0.865. The van der Waals surface area contributed by atoms with E-state index in [1.165, 1.54) is 9.80 Å². The second-order valence-electron chi connectivity index (χ2n) is 12.8. The Morgan fingerprint density at radius 3 is 1.31 bits per heavy atom. The maximum absolute atomic E-state index is 13.1. The predicted octanol–water partition coefficient (Wildman–Crippen LogP) is 5.28. The molecule has 4 aromatic rings. The molecule has 12 nitrogen and oxygen atoms in total. The first kappa shape index (κ1) is 35.8. The van der Waals surface area contributed by atoms with Gasteiger partial charge in [0.15, 0.2) is 0 Å². The summed E-state index contributed by atoms with van der Waals surface area (Å²) in [7, 11) is 0. The fourth-order valence-electron chi connectivity index (χ4n) is 6.13. The Bertz CT molecular complexity index is 1730. The monoisotopic (exact) mass is 704 g/mol. The van der Waals surface area contributed by atoms with Gasteiger partial charge in [-0.15, -0.1) is 0 Å². The molecule has 2 aliphatic heterocycles. The first-order valence-electron chi connectivity index (χ1n) is 17.0. The number of hydrogen-bond acceptors (Lipinski definition) is 8. The van der Waals surface area contributed by atoms with E-state index in [0.717, 1.165) is 22.3 Å². The highest BCUT2D eigenvalue weighted by Crippen LogP contribution is 2.24. The molecule has 2 heterocycles. The van der Waals surface area contributed by atoms with Gasteiger partial charge in [-0.1, -0.05) is 97.1 Å². The fraction of sp³-hybridized carbons (Fsp3) is 0.250. The van der Waals surface area contributed by atoms with Crippen LogP contribution in [0.15, 0.2) is 109 Å². The van der Waals surface area contributed by atoms with Crippen LogP contribution in [0.2, 0.25) is 0 Å². The lowest BCUT2D eigenvalue weighted by Gasteiger charge is -2.23. The first-order valence-corrected chi connectivity index (χ1v) is 17.0. The average molecular weight is 705 g/mol. The highest BCUT2D eigenvalue weighted by atomic mass is 16.6. The summed E-state index contributed by atoms with van der Waals surface area (Å²) in [4.78, 5) is 54.2. The van der Waals surface area contributed by atoms with Crippen LogP contribution in [0, 0.1) is 0 Å². The molecule has 4 N–H and O–H groups in total. The molecule has 12 heteroatoms. The SMILES string of the molecule is O=C(Nc1ccc(/C=C/c2ccc(NC(=O)[C@H]3C[C@H](O)CN3C(=O)OCc3ccccc3)cc2)cc1)[C@H]1C[C@H](O)CN1C(=O)OCc1ccccc1. The number of rotatable bonds is 10. The molecular formula is C40H40N4O8. The van der Waals surface area contributed by atoms with Gasteiger partial charge in [0.1, 0.15) is 25.3 Å². The van der Waals surface area contributed by atoms with Gasteiger partial charge in [0.05, 0.1) is 25.3 Å². The minimum absolute atomic E-state index is 0.0120. The lowest BCUT2D eigenvalue weighted by molar-refractivity contribution is -0.120. The molecule has 0 aromatic heterocycles. The Labute approximate surface area is 301 Å². The molecule has 0 spiro atoms. The lowest BCUT2D eigenvalue weighted by Crippen LogP contribution is -2.43. The van der Waals surface area contributed by atoms with E-state index in [1.54, 1.807) is 24.3 Å². The van der Waals surface area contributed by atoms with Crippen molar-refractivity contribution in [2.75, 3.05) is 23.7 Å². The number of anilines is 2. The molecule has 0 saturated carbocycles. The maximum atomic E-state index is 13.1. The zero-order valence-corrected chi connectivity index (χ0v) is 28.3. The Kier molecular flexibility index (Phi) is 11.6. The van der Waals surface area contributed by atoms with Crippen molar-refractivity contribution in [3.05, 3.63) is 131 Å². The number of carbonyl (C=O) groups excluding carboxylic acids is 4. The van der Waals surface area contributed by atoms with Crippen molar-refractivity contribution in [2.45, 2.75) is 50.3 Å². The second-order valence-corrected chi connectivity index (χ2v) is 12.8. The normalized spacial score (nSPS) is 19.7. The number of aliphatic hydroxyl groups excluding tert-OH is 2. The number of likely N-dealkylation sites (tertiary alicyclic amines) is 2. The van der Waals surface area contributed by atoms with Gasteiger partial charge in [-0.25, -0.2) is 9.59 Å². The van der Waals surface area contributed by atoms with Crippen LogP contribution in [0.25, 0.3) is 12.2 Å². The number of benzene rings is 4. The van der Waals surface area contributed by atoms with Crippen molar-refractivity contribution in [3.8, 4) is 0 Å². The molecular weight excluding hydrogens is 664 g/mol. The summed E-state index contributed by atoms with van der Waals surface area (Å²) < 4.78 is 10.8. The summed E-state index contributed by atoms with van der Waals surface area (Å²) in [5.74, 6) is -0.827. The molecule has 0 aliphatic carbocycles. The molecule has 2 saturated heterocycles. The van der Waals surface area contributed by atoms with Gasteiger partial charge in [0.25, 0.3) is 0 Å². The van der Waals surface area contributed by atoms with Crippen LogP contribution < -0.4 is 10.6 Å². The van der Waals surface area contributed by atoms with E-state index < -0.39 is 48.3 Å². The van der Waals surface area contributed by atoms with Crippen molar-refractivity contribution in [2.24, 2.45) is 0 Å².